The molecule has 0 aromatic heterocycles. The first kappa shape index (κ1) is 15.6. The molecule has 2 aromatic carbocycles. The highest BCUT2D eigenvalue weighted by molar-refractivity contribution is 5.65. The fourth-order valence-electron chi connectivity index (χ4n) is 2.60. The van der Waals surface area contributed by atoms with Gasteiger partial charge in [-0.3, -0.25) is 0 Å². The number of anilines is 1. The minimum Gasteiger partial charge on any atom is -0.385 e. The number of hydrogen-bond acceptors (Lipinski definition) is 2. The van der Waals surface area contributed by atoms with Crippen molar-refractivity contribution < 1.29 is 0 Å². The van der Waals surface area contributed by atoms with Crippen LogP contribution in [0.5, 0.6) is 0 Å². The molecule has 2 rings (SSSR count). The van der Waals surface area contributed by atoms with Crippen LogP contribution in [0.3, 0.4) is 0 Å². The first-order chi connectivity index (χ1) is 10.2. The van der Waals surface area contributed by atoms with Gasteiger partial charge >= 0.3 is 0 Å². The molecule has 0 aliphatic heterocycles. The summed E-state index contributed by atoms with van der Waals surface area (Å²) in [6.45, 7) is 6.18. The van der Waals surface area contributed by atoms with Crippen molar-refractivity contribution in [2.45, 2.75) is 20.3 Å². The van der Waals surface area contributed by atoms with Crippen molar-refractivity contribution in [1.29, 1.82) is 0 Å². The second kappa shape index (κ2) is 7.84. The van der Waals surface area contributed by atoms with Crippen molar-refractivity contribution in [3.05, 3.63) is 54.6 Å². The van der Waals surface area contributed by atoms with E-state index in [1.54, 1.807) is 0 Å². The van der Waals surface area contributed by atoms with Gasteiger partial charge < -0.3 is 11.1 Å². The predicted molar refractivity (Wildman–Crippen MR) is 92.4 cm³/mol. The molecule has 0 aliphatic carbocycles. The molecular weight excluding hydrogens is 256 g/mol. The fraction of sp³-hybridized carbons (Fsp3) is 0.368. The molecule has 2 heteroatoms. The SMILES string of the molecule is CC(C)CC(CN)CNc1ccc(-c2ccccc2)cc1. The zero-order chi connectivity index (χ0) is 15.1. The van der Waals surface area contributed by atoms with Gasteiger partial charge in [-0.25, -0.2) is 0 Å². The highest BCUT2D eigenvalue weighted by atomic mass is 14.9. The van der Waals surface area contributed by atoms with Gasteiger partial charge in [0.15, 0.2) is 0 Å². The second-order valence-electron chi connectivity index (χ2n) is 6.06. The largest absolute Gasteiger partial charge is 0.385 e. The van der Waals surface area contributed by atoms with Gasteiger partial charge in [-0.05, 0) is 48.1 Å². The van der Waals surface area contributed by atoms with Crippen molar-refractivity contribution in [1.82, 2.24) is 0 Å². The fourth-order valence-corrected chi connectivity index (χ4v) is 2.60. The van der Waals surface area contributed by atoms with Crippen molar-refractivity contribution in [3.63, 3.8) is 0 Å². The van der Waals surface area contributed by atoms with Gasteiger partial charge in [0.25, 0.3) is 0 Å². The number of rotatable bonds is 7. The van der Waals surface area contributed by atoms with Crippen molar-refractivity contribution in [3.8, 4) is 11.1 Å². The zero-order valence-corrected chi connectivity index (χ0v) is 13.0. The van der Waals surface area contributed by atoms with Gasteiger partial charge in [-0.15, -0.1) is 0 Å². The Morgan fingerprint density at radius 2 is 1.52 bits per heavy atom. The Bertz CT molecular complexity index is 517. The molecule has 0 heterocycles. The third-order valence-corrected chi connectivity index (χ3v) is 3.72. The molecule has 0 saturated carbocycles. The summed E-state index contributed by atoms with van der Waals surface area (Å²) in [5.74, 6) is 1.24. The summed E-state index contributed by atoms with van der Waals surface area (Å²) in [5, 5.41) is 3.50. The van der Waals surface area contributed by atoms with Crippen LogP contribution < -0.4 is 11.1 Å². The third kappa shape index (κ3) is 4.91. The van der Waals surface area contributed by atoms with E-state index < -0.39 is 0 Å². The highest BCUT2D eigenvalue weighted by Gasteiger charge is 2.08. The van der Waals surface area contributed by atoms with E-state index in [0.29, 0.717) is 11.8 Å². The first-order valence-corrected chi connectivity index (χ1v) is 7.78. The molecule has 0 saturated heterocycles. The Balaban J connectivity index is 1.93. The van der Waals surface area contributed by atoms with E-state index in [-0.39, 0.29) is 0 Å². The van der Waals surface area contributed by atoms with Crippen LogP contribution in [0.15, 0.2) is 54.6 Å². The van der Waals surface area contributed by atoms with Gasteiger partial charge in [0.1, 0.15) is 0 Å². The molecule has 3 N–H and O–H groups in total. The lowest BCUT2D eigenvalue weighted by atomic mass is 9.97. The van der Waals surface area contributed by atoms with Gasteiger partial charge in [-0.1, -0.05) is 56.3 Å². The topological polar surface area (TPSA) is 38.0 Å². The van der Waals surface area contributed by atoms with Gasteiger partial charge in [0.05, 0.1) is 0 Å². The maximum atomic E-state index is 5.85. The standard InChI is InChI=1S/C19H26N2/c1-15(2)12-16(13-20)14-21-19-10-8-18(9-11-19)17-6-4-3-5-7-17/h3-11,15-16,21H,12-14,20H2,1-2H3. The lowest BCUT2D eigenvalue weighted by molar-refractivity contribution is 0.433. The van der Waals surface area contributed by atoms with Crippen LogP contribution in [0.1, 0.15) is 20.3 Å². The van der Waals surface area contributed by atoms with Crippen molar-refractivity contribution >= 4 is 5.69 Å². The number of nitrogens with two attached hydrogens (primary N) is 1. The Labute approximate surface area is 128 Å². The molecular formula is C19H26N2. The minimum absolute atomic E-state index is 0.541. The Kier molecular flexibility index (Phi) is 5.82. The average Bonchev–Trinajstić information content (AvgIpc) is 2.52. The van der Waals surface area contributed by atoms with Crippen LogP contribution in [-0.2, 0) is 0 Å². The van der Waals surface area contributed by atoms with E-state index in [1.165, 1.54) is 17.5 Å². The smallest absolute Gasteiger partial charge is 0.0340 e. The average molecular weight is 282 g/mol. The number of benzene rings is 2. The van der Waals surface area contributed by atoms with E-state index in [4.69, 9.17) is 5.73 Å². The molecule has 1 atom stereocenters. The van der Waals surface area contributed by atoms with E-state index in [0.717, 1.165) is 18.8 Å². The number of hydrogen-bond donors (Lipinski definition) is 2. The summed E-state index contributed by atoms with van der Waals surface area (Å²) in [5.41, 5.74) is 9.51. The maximum Gasteiger partial charge on any atom is 0.0340 e. The van der Waals surface area contributed by atoms with E-state index >= 15 is 0 Å². The van der Waals surface area contributed by atoms with Crippen LogP contribution >= 0.6 is 0 Å². The molecule has 112 valence electrons. The quantitative estimate of drug-likeness (QED) is 0.790. The van der Waals surface area contributed by atoms with E-state index in [1.807, 2.05) is 6.07 Å². The Morgan fingerprint density at radius 1 is 0.905 bits per heavy atom. The molecule has 2 nitrogen and oxygen atoms in total. The summed E-state index contributed by atoms with van der Waals surface area (Å²) in [7, 11) is 0. The van der Waals surface area contributed by atoms with Crippen LogP contribution in [-0.4, -0.2) is 13.1 Å². The van der Waals surface area contributed by atoms with Crippen LogP contribution in [0.2, 0.25) is 0 Å². The van der Waals surface area contributed by atoms with Gasteiger partial charge in [0, 0.05) is 12.2 Å². The molecule has 0 radical (unpaired) electrons. The normalized spacial score (nSPS) is 12.4. The van der Waals surface area contributed by atoms with Gasteiger partial charge in [0.2, 0.25) is 0 Å². The summed E-state index contributed by atoms with van der Waals surface area (Å²) in [6, 6.07) is 19.1. The first-order valence-electron chi connectivity index (χ1n) is 7.78. The summed E-state index contributed by atoms with van der Waals surface area (Å²) in [6.07, 6.45) is 1.17. The molecule has 0 aliphatic rings. The molecule has 0 spiro atoms. The molecule has 0 amide bonds. The molecule has 0 fully saturated rings. The Hall–Kier alpha value is -1.80. The second-order valence-corrected chi connectivity index (χ2v) is 6.06. The van der Waals surface area contributed by atoms with Gasteiger partial charge in [-0.2, -0.15) is 0 Å². The Morgan fingerprint density at radius 3 is 2.10 bits per heavy atom. The van der Waals surface area contributed by atoms with Crippen LogP contribution in [0.4, 0.5) is 5.69 Å². The van der Waals surface area contributed by atoms with Crippen molar-refractivity contribution in [2.75, 3.05) is 18.4 Å². The lowest BCUT2D eigenvalue weighted by Gasteiger charge is -2.18. The van der Waals surface area contributed by atoms with Crippen molar-refractivity contribution in [2.24, 2.45) is 17.6 Å². The monoisotopic (exact) mass is 282 g/mol. The zero-order valence-electron chi connectivity index (χ0n) is 13.0. The number of nitrogens with one attached hydrogen (secondary N) is 1. The molecule has 2 aromatic rings. The van der Waals surface area contributed by atoms with E-state index in [2.05, 4.69) is 67.7 Å². The van der Waals surface area contributed by atoms with Crippen LogP contribution in [0, 0.1) is 11.8 Å². The third-order valence-electron chi connectivity index (χ3n) is 3.72. The maximum absolute atomic E-state index is 5.85. The van der Waals surface area contributed by atoms with Crippen LogP contribution in [0.25, 0.3) is 11.1 Å². The molecule has 0 bridgehead atoms. The minimum atomic E-state index is 0.541. The molecule has 1 unspecified atom stereocenters. The summed E-state index contributed by atoms with van der Waals surface area (Å²) >= 11 is 0. The van der Waals surface area contributed by atoms with E-state index in [9.17, 15) is 0 Å². The summed E-state index contributed by atoms with van der Waals surface area (Å²) in [4.78, 5) is 0. The lowest BCUT2D eigenvalue weighted by Crippen LogP contribution is -2.24. The highest BCUT2D eigenvalue weighted by Crippen LogP contribution is 2.21. The summed E-state index contributed by atoms with van der Waals surface area (Å²) < 4.78 is 0. The predicted octanol–water partition coefficient (Wildman–Crippen LogP) is 4.39. The molecule has 21 heavy (non-hydrogen) atoms.